The molecular formula is C46H55N. The minimum absolute atomic E-state index is 0.114. The Morgan fingerprint density at radius 1 is 0.404 bits per heavy atom. The number of benzene rings is 5. The fourth-order valence-electron chi connectivity index (χ4n) is 5.73. The van der Waals surface area contributed by atoms with Crippen LogP contribution in [0.25, 0.3) is 33.0 Å². The molecule has 5 rings (SSSR count). The maximum Gasteiger partial charge on any atom is 0.0991 e. The Kier molecular flexibility index (Phi) is 10.00. The molecule has 5 aromatic rings. The minimum atomic E-state index is 0.114. The molecule has 0 unspecified atom stereocenters. The van der Waals surface area contributed by atoms with Crippen molar-refractivity contribution < 1.29 is 0 Å². The Balaban J connectivity index is 0.000000215. The van der Waals surface area contributed by atoms with Gasteiger partial charge in [0.25, 0.3) is 0 Å². The van der Waals surface area contributed by atoms with Crippen LogP contribution < -0.4 is 0 Å². The average molecular weight is 622 g/mol. The van der Waals surface area contributed by atoms with Gasteiger partial charge in [-0.15, -0.1) is 0 Å². The third-order valence-corrected chi connectivity index (χ3v) is 9.12. The molecule has 0 N–H and O–H groups in total. The van der Waals surface area contributed by atoms with Crippen LogP contribution in [0.2, 0.25) is 0 Å². The first-order valence-electron chi connectivity index (χ1n) is 17.0. The topological polar surface area (TPSA) is 23.8 Å². The summed E-state index contributed by atoms with van der Waals surface area (Å²) in [5.41, 5.74) is 13.1. The van der Waals surface area contributed by atoms with Gasteiger partial charge in [-0.05, 0) is 108 Å². The summed E-state index contributed by atoms with van der Waals surface area (Å²) in [6.45, 7) is 29.3. The Morgan fingerprint density at radius 3 is 1.34 bits per heavy atom. The van der Waals surface area contributed by atoms with E-state index in [0.29, 0.717) is 5.56 Å². The minimum Gasteiger partial charge on any atom is -0.192 e. The van der Waals surface area contributed by atoms with Crippen molar-refractivity contribution in [2.24, 2.45) is 0 Å². The van der Waals surface area contributed by atoms with Crippen molar-refractivity contribution in [3.8, 4) is 28.3 Å². The Hall–Kier alpha value is -4.15. The van der Waals surface area contributed by atoms with Gasteiger partial charge in [0.15, 0.2) is 0 Å². The summed E-state index contributed by atoms with van der Waals surface area (Å²) in [7, 11) is 0. The molecule has 1 heteroatoms. The second-order valence-corrected chi connectivity index (χ2v) is 17.3. The molecule has 0 saturated heterocycles. The summed E-state index contributed by atoms with van der Waals surface area (Å²) in [4.78, 5) is 0. The summed E-state index contributed by atoms with van der Waals surface area (Å²) in [5, 5.41) is 11.6. The maximum atomic E-state index is 8.95. The molecule has 0 heterocycles. The second-order valence-electron chi connectivity index (χ2n) is 17.3. The molecule has 0 spiro atoms. The average Bonchev–Trinajstić information content (AvgIpc) is 2.99. The van der Waals surface area contributed by atoms with Crippen molar-refractivity contribution in [1.82, 2.24) is 0 Å². The third-order valence-electron chi connectivity index (χ3n) is 9.12. The molecule has 0 radical (unpaired) electrons. The number of fused-ring (bicyclic) bond motifs is 1. The molecule has 0 aliphatic carbocycles. The lowest BCUT2D eigenvalue weighted by Gasteiger charge is -2.26. The van der Waals surface area contributed by atoms with E-state index in [4.69, 9.17) is 5.26 Å². The van der Waals surface area contributed by atoms with Crippen LogP contribution in [-0.4, -0.2) is 0 Å². The van der Waals surface area contributed by atoms with Crippen molar-refractivity contribution in [3.05, 3.63) is 130 Å². The van der Waals surface area contributed by atoms with Crippen molar-refractivity contribution in [1.29, 1.82) is 5.26 Å². The van der Waals surface area contributed by atoms with Crippen molar-refractivity contribution in [2.75, 3.05) is 0 Å². The van der Waals surface area contributed by atoms with Gasteiger partial charge in [-0.25, -0.2) is 0 Å². The quantitative estimate of drug-likeness (QED) is 0.192. The molecule has 0 amide bonds. The lowest BCUT2D eigenvalue weighted by molar-refractivity contribution is 0.569. The zero-order valence-electron chi connectivity index (χ0n) is 31.2. The molecule has 47 heavy (non-hydrogen) atoms. The molecule has 0 saturated carbocycles. The van der Waals surface area contributed by atoms with Crippen molar-refractivity contribution in [2.45, 2.75) is 112 Å². The van der Waals surface area contributed by atoms with Gasteiger partial charge in [-0.2, -0.15) is 5.26 Å². The van der Waals surface area contributed by atoms with E-state index in [-0.39, 0.29) is 21.7 Å². The number of nitrogens with zero attached hydrogens (tertiary/aromatic N) is 1. The van der Waals surface area contributed by atoms with E-state index < -0.39 is 0 Å². The number of nitriles is 1. The van der Waals surface area contributed by atoms with E-state index >= 15 is 0 Å². The summed E-state index contributed by atoms with van der Waals surface area (Å²) >= 11 is 0. The van der Waals surface area contributed by atoms with E-state index in [1.54, 1.807) is 0 Å². The number of hydrogen-bond donors (Lipinski definition) is 0. The second kappa shape index (κ2) is 13.2. The molecule has 0 bridgehead atoms. The molecule has 0 fully saturated rings. The highest BCUT2D eigenvalue weighted by Gasteiger charge is 2.21. The fourth-order valence-corrected chi connectivity index (χ4v) is 5.73. The van der Waals surface area contributed by atoms with E-state index in [2.05, 4.69) is 169 Å². The van der Waals surface area contributed by atoms with Crippen LogP contribution in [0, 0.1) is 18.3 Å². The van der Waals surface area contributed by atoms with Crippen LogP contribution >= 0.6 is 0 Å². The molecule has 0 aromatic heterocycles. The first-order valence-corrected chi connectivity index (χ1v) is 17.0. The molecule has 244 valence electrons. The monoisotopic (exact) mass is 621 g/mol. The van der Waals surface area contributed by atoms with Crippen molar-refractivity contribution >= 4 is 10.8 Å². The molecule has 0 aliphatic heterocycles. The Morgan fingerprint density at radius 2 is 0.851 bits per heavy atom. The third kappa shape index (κ3) is 8.81. The molecule has 1 nitrogen and oxygen atoms in total. The smallest absolute Gasteiger partial charge is 0.0991 e. The summed E-state index contributed by atoms with van der Waals surface area (Å²) in [6, 6.07) is 37.5. The van der Waals surface area contributed by atoms with Gasteiger partial charge in [0.2, 0.25) is 0 Å². The Bertz CT molecular complexity index is 1870. The maximum absolute atomic E-state index is 8.95. The molecular weight excluding hydrogens is 567 g/mol. The fraction of sp³-hybridized carbons (Fsp3) is 0.370. The summed E-state index contributed by atoms with van der Waals surface area (Å²) < 4.78 is 0. The van der Waals surface area contributed by atoms with Crippen LogP contribution in [0.3, 0.4) is 0 Å². The lowest BCUT2D eigenvalue weighted by Crippen LogP contribution is -2.16. The standard InChI is InChI=1S/C25H30.C21H25N/c1-17-14-21(24(2,3)4)12-13-23(17)20-9-8-19-16-22(25(5,6)7)11-10-18(19)15-20;1-20(2,3)18-11-17(12-19(13-18)21(4,5)6)16-9-7-15(14-22)8-10-16/h8-16H,1-7H3;7-13H,1-6H3. The van der Waals surface area contributed by atoms with Crippen molar-refractivity contribution in [3.63, 3.8) is 0 Å². The molecule has 0 aliphatic rings. The predicted octanol–water partition coefficient (Wildman–Crippen LogP) is 13.2. The number of aryl methyl sites for hydroxylation is 1. The summed E-state index contributed by atoms with van der Waals surface area (Å²) in [6.07, 6.45) is 0. The zero-order chi connectivity index (χ0) is 34.9. The largest absolute Gasteiger partial charge is 0.192 e. The number of rotatable bonds is 2. The van der Waals surface area contributed by atoms with Gasteiger partial charge in [-0.3, -0.25) is 0 Å². The first kappa shape index (κ1) is 35.7. The van der Waals surface area contributed by atoms with Crippen LogP contribution in [-0.2, 0) is 21.7 Å². The van der Waals surface area contributed by atoms with E-state index in [1.807, 2.05) is 24.3 Å². The first-order chi connectivity index (χ1) is 21.7. The van der Waals surface area contributed by atoms with Gasteiger partial charge >= 0.3 is 0 Å². The molecule has 0 atom stereocenters. The van der Waals surface area contributed by atoms with Gasteiger partial charge in [0.1, 0.15) is 0 Å². The highest BCUT2D eigenvalue weighted by molar-refractivity contribution is 5.88. The van der Waals surface area contributed by atoms with Gasteiger partial charge < -0.3 is 0 Å². The predicted molar refractivity (Wildman–Crippen MR) is 206 cm³/mol. The van der Waals surface area contributed by atoms with E-state index in [9.17, 15) is 0 Å². The van der Waals surface area contributed by atoms with Gasteiger partial charge in [0, 0.05) is 0 Å². The van der Waals surface area contributed by atoms with E-state index in [0.717, 1.165) is 5.56 Å². The molecule has 5 aromatic carbocycles. The van der Waals surface area contributed by atoms with Gasteiger partial charge in [0.05, 0.1) is 11.6 Å². The van der Waals surface area contributed by atoms with E-state index in [1.165, 1.54) is 55.3 Å². The van der Waals surface area contributed by atoms with Crippen LogP contribution in [0.15, 0.2) is 97.1 Å². The lowest BCUT2D eigenvalue weighted by atomic mass is 9.79. The zero-order valence-corrected chi connectivity index (χ0v) is 31.2. The van der Waals surface area contributed by atoms with Crippen LogP contribution in [0.5, 0.6) is 0 Å². The number of hydrogen-bond acceptors (Lipinski definition) is 1. The van der Waals surface area contributed by atoms with Gasteiger partial charge in [-0.1, -0.05) is 162 Å². The normalized spacial score (nSPS) is 12.3. The highest BCUT2D eigenvalue weighted by Crippen LogP contribution is 2.35. The summed E-state index contributed by atoms with van der Waals surface area (Å²) in [5.74, 6) is 0. The van der Waals surface area contributed by atoms with Crippen LogP contribution in [0.1, 0.15) is 116 Å². The highest BCUT2D eigenvalue weighted by atomic mass is 14.3. The van der Waals surface area contributed by atoms with Crippen LogP contribution in [0.4, 0.5) is 0 Å². The SMILES string of the molecule is CC(C)(C)c1cc(-c2ccc(C#N)cc2)cc(C(C)(C)C)c1.Cc1cc(C(C)(C)C)ccc1-c1ccc2cc(C(C)(C)C)ccc2c1. The Labute approximate surface area is 285 Å².